The van der Waals surface area contributed by atoms with Crippen molar-refractivity contribution in [2.75, 3.05) is 0 Å². The van der Waals surface area contributed by atoms with Crippen molar-refractivity contribution in [1.82, 2.24) is 0 Å². The van der Waals surface area contributed by atoms with Crippen LogP contribution in [-0.2, 0) is 4.79 Å². The molecule has 0 aromatic rings. The van der Waals surface area contributed by atoms with Crippen LogP contribution in [0.2, 0.25) is 0 Å². The van der Waals surface area contributed by atoms with Crippen molar-refractivity contribution in [3.05, 3.63) is 0 Å². The summed E-state index contributed by atoms with van der Waals surface area (Å²) in [6.07, 6.45) is 3.96. The topological polar surface area (TPSA) is 57.5 Å². The zero-order valence-corrected chi connectivity index (χ0v) is 8.07. The zero-order valence-electron chi connectivity index (χ0n) is 8.07. The van der Waals surface area contributed by atoms with Crippen molar-refractivity contribution in [2.24, 2.45) is 11.8 Å². The Morgan fingerprint density at radius 2 is 2.08 bits per heavy atom. The summed E-state index contributed by atoms with van der Waals surface area (Å²) in [5.74, 6) is -1.12. The van der Waals surface area contributed by atoms with E-state index in [-0.39, 0.29) is 11.8 Å². The number of carboxylic acids is 1. The summed E-state index contributed by atoms with van der Waals surface area (Å²) in [7, 11) is 0. The first kappa shape index (κ1) is 10.5. The molecule has 76 valence electrons. The summed E-state index contributed by atoms with van der Waals surface area (Å²) in [5.41, 5.74) is 0. The highest BCUT2D eigenvalue weighted by Crippen LogP contribution is 2.32. The van der Waals surface area contributed by atoms with Crippen LogP contribution in [0.15, 0.2) is 0 Å². The summed E-state index contributed by atoms with van der Waals surface area (Å²) in [6, 6.07) is 0. The quantitative estimate of drug-likeness (QED) is 0.704. The Kier molecular flexibility index (Phi) is 3.72. The maximum Gasteiger partial charge on any atom is 0.306 e. The third-order valence-corrected chi connectivity index (χ3v) is 3.06. The molecule has 1 fully saturated rings. The molecule has 3 atom stereocenters. The molecule has 0 bridgehead atoms. The molecule has 3 heteroatoms. The van der Waals surface area contributed by atoms with Crippen LogP contribution in [0.4, 0.5) is 0 Å². The van der Waals surface area contributed by atoms with E-state index < -0.39 is 12.1 Å². The first-order valence-corrected chi connectivity index (χ1v) is 5.07. The van der Waals surface area contributed by atoms with E-state index in [0.29, 0.717) is 6.42 Å². The van der Waals surface area contributed by atoms with Crippen LogP contribution in [-0.4, -0.2) is 22.3 Å². The number of carbonyl (C=O) groups is 1. The minimum absolute atomic E-state index is 0.0174. The lowest BCUT2D eigenvalue weighted by Gasteiger charge is -2.31. The molecule has 1 rings (SSSR count). The lowest BCUT2D eigenvalue weighted by Crippen LogP contribution is -2.34. The lowest BCUT2D eigenvalue weighted by molar-refractivity contribution is -0.146. The fourth-order valence-corrected chi connectivity index (χ4v) is 2.27. The van der Waals surface area contributed by atoms with Gasteiger partial charge in [-0.25, -0.2) is 0 Å². The Labute approximate surface area is 78.8 Å². The summed E-state index contributed by atoms with van der Waals surface area (Å²) >= 11 is 0. The van der Waals surface area contributed by atoms with Gasteiger partial charge in [-0.3, -0.25) is 4.79 Å². The highest BCUT2D eigenvalue weighted by Gasteiger charge is 2.33. The molecule has 0 spiro atoms. The standard InChI is InChI=1S/C10H18O3/c1-2-7(10(12)13)8-5-3-4-6-9(8)11/h7-9,11H,2-6H2,1H3,(H,12,13). The predicted molar refractivity (Wildman–Crippen MR) is 49.4 cm³/mol. The number of hydrogen-bond donors (Lipinski definition) is 2. The van der Waals surface area contributed by atoms with Gasteiger partial charge >= 0.3 is 5.97 Å². The van der Waals surface area contributed by atoms with Crippen LogP contribution in [0, 0.1) is 11.8 Å². The number of aliphatic hydroxyl groups excluding tert-OH is 1. The summed E-state index contributed by atoms with van der Waals surface area (Å²) < 4.78 is 0. The third kappa shape index (κ3) is 2.44. The zero-order chi connectivity index (χ0) is 9.84. The molecule has 0 heterocycles. The Morgan fingerprint density at radius 3 is 2.54 bits per heavy atom. The van der Waals surface area contributed by atoms with Crippen molar-refractivity contribution in [2.45, 2.75) is 45.1 Å². The fourth-order valence-electron chi connectivity index (χ4n) is 2.27. The van der Waals surface area contributed by atoms with Gasteiger partial charge in [-0.15, -0.1) is 0 Å². The van der Waals surface area contributed by atoms with Crippen LogP contribution in [0.1, 0.15) is 39.0 Å². The Balaban J connectivity index is 2.60. The molecule has 1 aliphatic rings. The summed E-state index contributed by atoms with van der Waals surface area (Å²) in [4.78, 5) is 10.9. The van der Waals surface area contributed by atoms with E-state index in [2.05, 4.69) is 0 Å². The second-order valence-corrected chi connectivity index (χ2v) is 3.87. The molecule has 0 radical (unpaired) electrons. The lowest BCUT2D eigenvalue weighted by atomic mass is 9.77. The maximum absolute atomic E-state index is 10.9. The van der Waals surface area contributed by atoms with E-state index in [9.17, 15) is 9.90 Å². The number of aliphatic hydroxyl groups is 1. The fraction of sp³-hybridized carbons (Fsp3) is 0.900. The molecule has 0 aromatic carbocycles. The summed E-state index contributed by atoms with van der Waals surface area (Å²) in [5, 5.41) is 18.6. The smallest absolute Gasteiger partial charge is 0.306 e. The van der Waals surface area contributed by atoms with Gasteiger partial charge in [0.25, 0.3) is 0 Å². The normalized spacial score (nSPS) is 31.2. The number of aliphatic carboxylic acids is 1. The second-order valence-electron chi connectivity index (χ2n) is 3.87. The average molecular weight is 186 g/mol. The van der Waals surface area contributed by atoms with E-state index in [1.807, 2.05) is 6.92 Å². The van der Waals surface area contributed by atoms with Crippen molar-refractivity contribution in [3.63, 3.8) is 0 Å². The van der Waals surface area contributed by atoms with Crippen molar-refractivity contribution in [1.29, 1.82) is 0 Å². The van der Waals surface area contributed by atoms with E-state index in [1.54, 1.807) is 0 Å². The predicted octanol–water partition coefficient (Wildman–Crippen LogP) is 1.65. The first-order chi connectivity index (χ1) is 6.16. The average Bonchev–Trinajstić information content (AvgIpc) is 2.09. The van der Waals surface area contributed by atoms with Crippen molar-refractivity contribution >= 4 is 5.97 Å². The Bertz CT molecular complexity index is 179. The minimum atomic E-state index is -0.756. The van der Waals surface area contributed by atoms with E-state index in [4.69, 9.17) is 5.11 Å². The van der Waals surface area contributed by atoms with E-state index in [1.165, 1.54) is 0 Å². The van der Waals surface area contributed by atoms with E-state index in [0.717, 1.165) is 25.7 Å². The SMILES string of the molecule is CCC(C(=O)O)C1CCCCC1O. The van der Waals surface area contributed by atoms with Crippen LogP contribution in [0.25, 0.3) is 0 Å². The number of hydrogen-bond acceptors (Lipinski definition) is 2. The molecular weight excluding hydrogens is 168 g/mol. The van der Waals surface area contributed by atoms with Crippen molar-refractivity contribution in [3.8, 4) is 0 Å². The van der Waals surface area contributed by atoms with Gasteiger partial charge < -0.3 is 10.2 Å². The molecule has 13 heavy (non-hydrogen) atoms. The van der Waals surface area contributed by atoms with Crippen molar-refractivity contribution < 1.29 is 15.0 Å². The third-order valence-electron chi connectivity index (χ3n) is 3.06. The Morgan fingerprint density at radius 1 is 1.46 bits per heavy atom. The van der Waals surface area contributed by atoms with E-state index >= 15 is 0 Å². The monoisotopic (exact) mass is 186 g/mol. The van der Waals surface area contributed by atoms with Crippen LogP contribution in [0.3, 0.4) is 0 Å². The molecule has 0 amide bonds. The molecule has 3 nitrogen and oxygen atoms in total. The maximum atomic E-state index is 10.9. The van der Waals surface area contributed by atoms with Gasteiger partial charge in [0.1, 0.15) is 0 Å². The van der Waals surface area contributed by atoms with Crippen LogP contribution in [0.5, 0.6) is 0 Å². The highest BCUT2D eigenvalue weighted by molar-refractivity contribution is 5.70. The second kappa shape index (κ2) is 4.61. The number of carboxylic acid groups (broad SMARTS) is 1. The van der Waals surface area contributed by atoms with Crippen LogP contribution < -0.4 is 0 Å². The highest BCUT2D eigenvalue weighted by atomic mass is 16.4. The minimum Gasteiger partial charge on any atom is -0.481 e. The molecule has 3 unspecified atom stereocenters. The summed E-state index contributed by atoms with van der Waals surface area (Å²) in [6.45, 7) is 1.88. The van der Waals surface area contributed by atoms with Crippen LogP contribution >= 0.6 is 0 Å². The molecule has 0 aliphatic heterocycles. The van der Waals surface area contributed by atoms with Gasteiger partial charge in [-0.1, -0.05) is 19.8 Å². The molecule has 1 saturated carbocycles. The van der Waals surface area contributed by atoms with Gasteiger partial charge in [0.15, 0.2) is 0 Å². The Hall–Kier alpha value is -0.570. The largest absolute Gasteiger partial charge is 0.481 e. The molecule has 0 aromatic heterocycles. The first-order valence-electron chi connectivity index (χ1n) is 5.07. The number of rotatable bonds is 3. The van der Waals surface area contributed by atoms with Gasteiger partial charge in [0, 0.05) is 0 Å². The van der Waals surface area contributed by atoms with Gasteiger partial charge in [0.2, 0.25) is 0 Å². The van der Waals surface area contributed by atoms with Gasteiger partial charge in [-0.2, -0.15) is 0 Å². The molecular formula is C10H18O3. The van der Waals surface area contributed by atoms with Gasteiger partial charge in [0.05, 0.1) is 12.0 Å². The van der Waals surface area contributed by atoms with Gasteiger partial charge in [-0.05, 0) is 25.2 Å². The molecule has 1 aliphatic carbocycles. The molecule has 0 saturated heterocycles. The molecule has 2 N–H and O–H groups in total.